The average molecular weight is 426 g/mol. The zero-order chi connectivity index (χ0) is 22.6. The molecule has 1 nitrogen and oxygen atoms in total. The molecule has 0 aliphatic heterocycles. The van der Waals surface area contributed by atoms with Crippen molar-refractivity contribution in [2.45, 2.75) is 26.2 Å². The van der Waals surface area contributed by atoms with Crippen LogP contribution >= 0.6 is 0 Å². The van der Waals surface area contributed by atoms with Crippen LogP contribution in [0, 0.1) is 6.92 Å². The summed E-state index contributed by atoms with van der Waals surface area (Å²) in [7, 11) is 0. The van der Waals surface area contributed by atoms with Gasteiger partial charge in [0.1, 0.15) is 0 Å². The minimum Gasteiger partial charge on any atom is -0.310 e. The molecule has 33 heavy (non-hydrogen) atoms. The predicted octanol–water partition coefficient (Wildman–Crippen LogP) is 8.92. The molecule has 0 fully saturated rings. The van der Waals surface area contributed by atoms with Crippen molar-refractivity contribution in [3.63, 3.8) is 0 Å². The SMILES string of the molecule is Cc1ccc2c(c1)C(C)(C)c1cc(N(c3ccccc3)c3ccccc3)c3ccccc3c1-2. The minimum atomic E-state index is -0.0610. The van der Waals surface area contributed by atoms with E-state index in [1.807, 2.05) is 0 Å². The highest BCUT2D eigenvalue weighted by Crippen LogP contribution is 2.54. The lowest BCUT2D eigenvalue weighted by Gasteiger charge is -2.29. The average Bonchev–Trinajstić information content (AvgIpc) is 3.07. The van der Waals surface area contributed by atoms with Crippen molar-refractivity contribution >= 4 is 27.8 Å². The van der Waals surface area contributed by atoms with Crippen LogP contribution in [-0.4, -0.2) is 0 Å². The molecule has 0 atom stereocenters. The third-order valence-electron chi connectivity index (χ3n) is 7.08. The van der Waals surface area contributed by atoms with Crippen LogP contribution in [-0.2, 0) is 5.41 Å². The van der Waals surface area contributed by atoms with E-state index in [-0.39, 0.29) is 5.41 Å². The molecule has 1 aliphatic rings. The molecule has 1 aliphatic carbocycles. The van der Waals surface area contributed by atoms with Crippen LogP contribution in [0.15, 0.2) is 109 Å². The molecule has 0 unspecified atom stereocenters. The maximum atomic E-state index is 2.44. The van der Waals surface area contributed by atoms with E-state index in [2.05, 4.69) is 135 Å². The van der Waals surface area contributed by atoms with Gasteiger partial charge in [-0.2, -0.15) is 0 Å². The normalized spacial score (nSPS) is 13.5. The molecule has 160 valence electrons. The first-order valence-corrected chi connectivity index (χ1v) is 11.6. The third kappa shape index (κ3) is 3.00. The van der Waals surface area contributed by atoms with Crippen molar-refractivity contribution in [2.75, 3.05) is 4.90 Å². The molecule has 0 spiro atoms. The van der Waals surface area contributed by atoms with E-state index < -0.39 is 0 Å². The highest BCUT2D eigenvalue weighted by molar-refractivity contribution is 6.09. The van der Waals surface area contributed by atoms with Crippen LogP contribution in [0.4, 0.5) is 17.1 Å². The number of anilines is 3. The molecular formula is C32H27N. The number of benzene rings is 5. The molecule has 1 heteroatoms. The first-order valence-electron chi connectivity index (χ1n) is 11.6. The van der Waals surface area contributed by atoms with E-state index in [1.54, 1.807) is 0 Å². The number of aryl methyl sites for hydroxylation is 1. The van der Waals surface area contributed by atoms with Gasteiger partial charge >= 0.3 is 0 Å². The summed E-state index contributed by atoms with van der Waals surface area (Å²) in [5.74, 6) is 0. The van der Waals surface area contributed by atoms with Crippen LogP contribution in [0.3, 0.4) is 0 Å². The molecule has 0 bridgehead atoms. The molecular weight excluding hydrogens is 398 g/mol. The second kappa shape index (κ2) is 7.35. The Hall–Kier alpha value is -3.84. The summed E-state index contributed by atoms with van der Waals surface area (Å²) in [5, 5.41) is 2.59. The van der Waals surface area contributed by atoms with Crippen LogP contribution in [0.5, 0.6) is 0 Å². The Kier molecular flexibility index (Phi) is 4.41. The highest BCUT2D eigenvalue weighted by atomic mass is 15.1. The van der Waals surface area contributed by atoms with Gasteiger partial charge in [0.05, 0.1) is 5.69 Å². The number of rotatable bonds is 3. The van der Waals surface area contributed by atoms with Crippen molar-refractivity contribution in [3.05, 3.63) is 126 Å². The van der Waals surface area contributed by atoms with Crippen LogP contribution < -0.4 is 4.90 Å². The van der Waals surface area contributed by atoms with Gasteiger partial charge in [-0.15, -0.1) is 0 Å². The molecule has 0 amide bonds. The van der Waals surface area contributed by atoms with E-state index in [0.717, 1.165) is 11.4 Å². The topological polar surface area (TPSA) is 3.24 Å². The molecule has 0 saturated carbocycles. The van der Waals surface area contributed by atoms with Crippen molar-refractivity contribution in [3.8, 4) is 11.1 Å². The second-order valence-corrected chi connectivity index (χ2v) is 9.54. The smallest absolute Gasteiger partial charge is 0.0543 e. The molecule has 0 aromatic heterocycles. The summed E-state index contributed by atoms with van der Waals surface area (Å²) in [6, 6.07) is 39.6. The van der Waals surface area contributed by atoms with Gasteiger partial charge in [0.15, 0.2) is 0 Å². The van der Waals surface area contributed by atoms with Crippen molar-refractivity contribution in [1.82, 2.24) is 0 Å². The third-order valence-corrected chi connectivity index (χ3v) is 7.08. The summed E-state index contributed by atoms with van der Waals surface area (Å²) in [4.78, 5) is 2.40. The van der Waals surface area contributed by atoms with Gasteiger partial charge in [0.2, 0.25) is 0 Å². The molecule has 0 heterocycles. The molecule has 5 aromatic rings. The summed E-state index contributed by atoms with van der Waals surface area (Å²) < 4.78 is 0. The highest BCUT2D eigenvalue weighted by Gasteiger charge is 2.37. The minimum absolute atomic E-state index is 0.0610. The number of hydrogen-bond donors (Lipinski definition) is 0. The predicted molar refractivity (Wildman–Crippen MR) is 141 cm³/mol. The fraction of sp³-hybridized carbons (Fsp3) is 0.125. The molecule has 0 saturated heterocycles. The van der Waals surface area contributed by atoms with E-state index in [9.17, 15) is 0 Å². The van der Waals surface area contributed by atoms with Crippen molar-refractivity contribution in [1.29, 1.82) is 0 Å². The largest absolute Gasteiger partial charge is 0.310 e. The fourth-order valence-electron chi connectivity index (χ4n) is 5.44. The second-order valence-electron chi connectivity index (χ2n) is 9.54. The molecule has 6 rings (SSSR count). The Labute approximate surface area is 195 Å². The van der Waals surface area contributed by atoms with Gasteiger partial charge in [-0.1, -0.05) is 98.3 Å². The van der Waals surface area contributed by atoms with Gasteiger partial charge in [0, 0.05) is 22.2 Å². The first-order chi connectivity index (χ1) is 16.1. The maximum absolute atomic E-state index is 2.44. The molecule has 5 aromatic carbocycles. The number of fused-ring (bicyclic) bond motifs is 5. The van der Waals surface area contributed by atoms with Gasteiger partial charge in [-0.3, -0.25) is 0 Å². The summed E-state index contributed by atoms with van der Waals surface area (Å²) in [5.41, 5.74) is 10.4. The lowest BCUT2D eigenvalue weighted by molar-refractivity contribution is 0.660. The number of para-hydroxylation sites is 2. The Morgan fingerprint density at radius 1 is 0.576 bits per heavy atom. The van der Waals surface area contributed by atoms with E-state index >= 15 is 0 Å². The Balaban J connectivity index is 1.71. The van der Waals surface area contributed by atoms with Gasteiger partial charge < -0.3 is 4.90 Å². The van der Waals surface area contributed by atoms with Crippen LogP contribution in [0.2, 0.25) is 0 Å². The zero-order valence-corrected chi connectivity index (χ0v) is 19.3. The monoisotopic (exact) mass is 425 g/mol. The van der Waals surface area contributed by atoms with Gasteiger partial charge in [-0.25, -0.2) is 0 Å². The quantitative estimate of drug-likeness (QED) is 0.279. The Morgan fingerprint density at radius 3 is 1.79 bits per heavy atom. The lowest BCUT2D eigenvalue weighted by atomic mass is 9.81. The van der Waals surface area contributed by atoms with E-state index in [1.165, 1.54) is 44.3 Å². The summed E-state index contributed by atoms with van der Waals surface area (Å²) in [6.07, 6.45) is 0. The Morgan fingerprint density at radius 2 is 1.15 bits per heavy atom. The number of hydrogen-bond acceptors (Lipinski definition) is 1. The van der Waals surface area contributed by atoms with Crippen molar-refractivity contribution in [2.24, 2.45) is 0 Å². The van der Waals surface area contributed by atoms with E-state index in [0.29, 0.717) is 0 Å². The molecule has 0 N–H and O–H groups in total. The standard InChI is InChI=1S/C32H27N/c1-22-18-19-27-28(20-22)32(2,3)29-21-30(25-16-10-11-17-26(25)31(27)29)33(23-12-6-4-7-13-23)24-14-8-5-9-15-24/h4-21H,1-3H3. The summed E-state index contributed by atoms with van der Waals surface area (Å²) in [6.45, 7) is 6.92. The first kappa shape index (κ1) is 19.8. The zero-order valence-electron chi connectivity index (χ0n) is 19.3. The van der Waals surface area contributed by atoms with E-state index in [4.69, 9.17) is 0 Å². The number of nitrogens with zero attached hydrogens (tertiary/aromatic N) is 1. The van der Waals surface area contributed by atoms with Crippen LogP contribution in [0.1, 0.15) is 30.5 Å². The van der Waals surface area contributed by atoms with Crippen molar-refractivity contribution < 1.29 is 0 Å². The fourth-order valence-corrected chi connectivity index (χ4v) is 5.44. The van der Waals surface area contributed by atoms with Crippen LogP contribution in [0.25, 0.3) is 21.9 Å². The lowest BCUT2D eigenvalue weighted by Crippen LogP contribution is -2.17. The van der Waals surface area contributed by atoms with Gasteiger partial charge in [-0.05, 0) is 64.9 Å². The summed E-state index contributed by atoms with van der Waals surface area (Å²) >= 11 is 0. The Bertz CT molecular complexity index is 1440. The van der Waals surface area contributed by atoms with Gasteiger partial charge in [0.25, 0.3) is 0 Å². The molecule has 0 radical (unpaired) electrons. The maximum Gasteiger partial charge on any atom is 0.0543 e.